The molecular formula is C17H17NO3. The maximum Gasteiger partial charge on any atom is 0.228 e. The number of hydrogen-bond donors (Lipinski definition) is 3. The summed E-state index contributed by atoms with van der Waals surface area (Å²) in [5.74, 6) is -0.694. The first kappa shape index (κ1) is 13.5. The van der Waals surface area contributed by atoms with Crippen LogP contribution in [0.3, 0.4) is 0 Å². The van der Waals surface area contributed by atoms with E-state index in [0.29, 0.717) is 6.54 Å². The Morgan fingerprint density at radius 2 is 1.71 bits per heavy atom. The highest BCUT2D eigenvalue weighted by atomic mass is 16.3. The Morgan fingerprint density at radius 1 is 0.952 bits per heavy atom. The molecule has 108 valence electrons. The van der Waals surface area contributed by atoms with Gasteiger partial charge in [0.25, 0.3) is 0 Å². The van der Waals surface area contributed by atoms with Crippen molar-refractivity contribution < 1.29 is 15.0 Å². The summed E-state index contributed by atoms with van der Waals surface area (Å²) in [6.07, 6.45) is 0.849. The van der Waals surface area contributed by atoms with Crippen LogP contribution in [0.1, 0.15) is 29.4 Å². The van der Waals surface area contributed by atoms with Crippen LogP contribution < -0.4 is 5.32 Å². The van der Waals surface area contributed by atoms with E-state index >= 15 is 0 Å². The van der Waals surface area contributed by atoms with Crippen LogP contribution in [0.5, 0.6) is 11.5 Å². The molecular weight excluding hydrogens is 266 g/mol. The molecule has 3 rings (SSSR count). The highest BCUT2D eigenvalue weighted by Crippen LogP contribution is 2.40. The molecule has 1 fully saturated rings. The van der Waals surface area contributed by atoms with Gasteiger partial charge >= 0.3 is 0 Å². The Labute approximate surface area is 123 Å². The molecule has 4 nitrogen and oxygen atoms in total. The molecule has 2 unspecified atom stereocenters. The fourth-order valence-corrected chi connectivity index (χ4v) is 2.99. The molecule has 0 bridgehead atoms. The van der Waals surface area contributed by atoms with E-state index in [-0.39, 0.29) is 29.2 Å². The Hall–Kier alpha value is -2.49. The monoisotopic (exact) mass is 283 g/mol. The summed E-state index contributed by atoms with van der Waals surface area (Å²) in [5, 5.41) is 22.0. The molecule has 1 heterocycles. The second-order valence-corrected chi connectivity index (χ2v) is 5.32. The van der Waals surface area contributed by atoms with Crippen LogP contribution in [-0.4, -0.2) is 22.7 Å². The zero-order valence-corrected chi connectivity index (χ0v) is 11.5. The molecule has 0 spiro atoms. The van der Waals surface area contributed by atoms with Crippen molar-refractivity contribution >= 4 is 5.91 Å². The molecule has 1 amide bonds. The first-order chi connectivity index (χ1) is 10.2. The number of phenolic OH excluding ortho intramolecular Hbond substituents is 2. The first-order valence-electron chi connectivity index (χ1n) is 7.01. The van der Waals surface area contributed by atoms with Gasteiger partial charge in [-0.15, -0.1) is 0 Å². The number of hydrogen-bond acceptors (Lipinski definition) is 3. The number of amides is 1. The predicted octanol–water partition coefficient (Wildman–Crippen LogP) is 2.49. The number of carbonyl (C=O) groups excluding carboxylic acids is 1. The minimum atomic E-state index is -0.354. The highest BCUT2D eigenvalue weighted by Gasteiger charge is 2.34. The van der Waals surface area contributed by atoms with Crippen LogP contribution in [0.25, 0.3) is 0 Å². The minimum Gasteiger partial charge on any atom is -0.504 e. The third-order valence-corrected chi connectivity index (χ3v) is 4.03. The van der Waals surface area contributed by atoms with E-state index in [4.69, 9.17) is 0 Å². The summed E-state index contributed by atoms with van der Waals surface area (Å²) in [7, 11) is 0. The third-order valence-electron chi connectivity index (χ3n) is 4.03. The van der Waals surface area contributed by atoms with E-state index in [1.54, 1.807) is 6.07 Å². The fraction of sp³-hybridized carbons (Fsp3) is 0.235. The topological polar surface area (TPSA) is 69.6 Å². The lowest BCUT2D eigenvalue weighted by Crippen LogP contribution is -2.39. The molecule has 2 aromatic carbocycles. The summed E-state index contributed by atoms with van der Waals surface area (Å²) in [4.78, 5) is 12.3. The second-order valence-electron chi connectivity index (χ2n) is 5.32. The molecule has 0 radical (unpaired) electrons. The third kappa shape index (κ3) is 2.57. The van der Waals surface area contributed by atoms with Crippen LogP contribution >= 0.6 is 0 Å². The van der Waals surface area contributed by atoms with Gasteiger partial charge in [-0.1, -0.05) is 36.4 Å². The van der Waals surface area contributed by atoms with Gasteiger partial charge in [0.15, 0.2) is 11.5 Å². The summed E-state index contributed by atoms with van der Waals surface area (Å²) in [5.41, 5.74) is 1.83. The van der Waals surface area contributed by atoms with E-state index in [0.717, 1.165) is 17.5 Å². The Balaban J connectivity index is 2.02. The van der Waals surface area contributed by atoms with Crippen molar-refractivity contribution in [2.24, 2.45) is 0 Å². The van der Waals surface area contributed by atoms with Gasteiger partial charge in [0.05, 0.1) is 5.92 Å². The summed E-state index contributed by atoms with van der Waals surface area (Å²) >= 11 is 0. The van der Waals surface area contributed by atoms with Gasteiger partial charge in [0.2, 0.25) is 5.91 Å². The van der Waals surface area contributed by atoms with E-state index in [1.807, 2.05) is 30.3 Å². The second kappa shape index (κ2) is 5.48. The molecule has 0 aromatic heterocycles. The van der Waals surface area contributed by atoms with E-state index in [9.17, 15) is 15.0 Å². The lowest BCUT2D eigenvalue weighted by Gasteiger charge is -2.32. The van der Waals surface area contributed by atoms with Crippen LogP contribution in [0, 0.1) is 0 Å². The van der Waals surface area contributed by atoms with Gasteiger partial charge in [0, 0.05) is 12.5 Å². The van der Waals surface area contributed by atoms with Crippen molar-refractivity contribution in [2.45, 2.75) is 18.3 Å². The zero-order valence-electron chi connectivity index (χ0n) is 11.5. The number of nitrogens with one attached hydrogen (secondary N) is 1. The van der Waals surface area contributed by atoms with Gasteiger partial charge in [-0.05, 0) is 29.7 Å². The van der Waals surface area contributed by atoms with Crippen LogP contribution in [0.15, 0.2) is 48.5 Å². The maximum absolute atomic E-state index is 12.3. The minimum absolute atomic E-state index is 0.0415. The average Bonchev–Trinajstić information content (AvgIpc) is 2.51. The van der Waals surface area contributed by atoms with Crippen LogP contribution in [0.4, 0.5) is 0 Å². The van der Waals surface area contributed by atoms with Gasteiger partial charge in [-0.2, -0.15) is 0 Å². The molecule has 1 aliphatic heterocycles. The maximum atomic E-state index is 12.3. The largest absolute Gasteiger partial charge is 0.504 e. The first-order valence-corrected chi connectivity index (χ1v) is 7.01. The van der Waals surface area contributed by atoms with Crippen LogP contribution in [0.2, 0.25) is 0 Å². The molecule has 0 aliphatic carbocycles. The van der Waals surface area contributed by atoms with Crippen molar-refractivity contribution in [1.82, 2.24) is 5.32 Å². The predicted molar refractivity (Wildman–Crippen MR) is 79.3 cm³/mol. The molecule has 2 aromatic rings. The number of aromatic hydroxyl groups is 2. The van der Waals surface area contributed by atoms with E-state index in [1.165, 1.54) is 12.1 Å². The summed E-state index contributed by atoms with van der Waals surface area (Å²) in [6, 6.07) is 14.5. The molecule has 3 N–H and O–H groups in total. The molecule has 21 heavy (non-hydrogen) atoms. The number of piperidine rings is 1. The molecule has 1 saturated heterocycles. The van der Waals surface area contributed by atoms with E-state index < -0.39 is 0 Å². The number of rotatable bonds is 2. The lowest BCUT2D eigenvalue weighted by atomic mass is 9.77. The SMILES string of the molecule is O=C1NCCC(c2ccccc2)C1c1ccc(O)c(O)c1. The quantitative estimate of drug-likeness (QED) is 0.742. The Bertz CT molecular complexity index is 654. The summed E-state index contributed by atoms with van der Waals surface area (Å²) in [6.45, 7) is 0.652. The van der Waals surface area contributed by atoms with Gasteiger partial charge in [0.1, 0.15) is 0 Å². The van der Waals surface area contributed by atoms with Crippen LogP contribution in [-0.2, 0) is 4.79 Å². The molecule has 2 atom stereocenters. The van der Waals surface area contributed by atoms with Crippen molar-refractivity contribution in [3.05, 3.63) is 59.7 Å². The average molecular weight is 283 g/mol. The molecule has 4 heteroatoms. The van der Waals surface area contributed by atoms with Crippen molar-refractivity contribution in [3.8, 4) is 11.5 Å². The zero-order chi connectivity index (χ0) is 14.8. The summed E-state index contributed by atoms with van der Waals surface area (Å²) < 4.78 is 0. The normalized spacial score (nSPS) is 21.8. The number of carbonyl (C=O) groups is 1. The van der Waals surface area contributed by atoms with Gasteiger partial charge in [-0.25, -0.2) is 0 Å². The fourth-order valence-electron chi connectivity index (χ4n) is 2.99. The Kier molecular flexibility index (Phi) is 3.52. The molecule has 1 aliphatic rings. The molecule has 0 saturated carbocycles. The Morgan fingerprint density at radius 3 is 2.43 bits per heavy atom. The lowest BCUT2D eigenvalue weighted by molar-refractivity contribution is -0.124. The van der Waals surface area contributed by atoms with Gasteiger partial charge in [-0.3, -0.25) is 4.79 Å². The standard InChI is InChI=1S/C17H17NO3/c19-14-7-6-12(10-15(14)20)16-13(8-9-18-17(16)21)11-4-2-1-3-5-11/h1-7,10,13,16,19-20H,8-9H2,(H,18,21). The van der Waals surface area contributed by atoms with E-state index in [2.05, 4.69) is 5.32 Å². The highest BCUT2D eigenvalue weighted by molar-refractivity contribution is 5.86. The number of benzene rings is 2. The van der Waals surface area contributed by atoms with Gasteiger partial charge < -0.3 is 15.5 Å². The van der Waals surface area contributed by atoms with Crippen molar-refractivity contribution in [1.29, 1.82) is 0 Å². The van der Waals surface area contributed by atoms with Crippen molar-refractivity contribution in [2.75, 3.05) is 6.54 Å². The smallest absolute Gasteiger partial charge is 0.228 e. The van der Waals surface area contributed by atoms with Crippen molar-refractivity contribution in [3.63, 3.8) is 0 Å². The number of phenols is 2.